The van der Waals surface area contributed by atoms with E-state index in [2.05, 4.69) is 17.3 Å². The van der Waals surface area contributed by atoms with Crippen molar-refractivity contribution in [3.8, 4) is 11.8 Å². The number of hydrazine groups is 1. The van der Waals surface area contributed by atoms with Crippen LogP contribution in [0.2, 0.25) is 0 Å². The minimum atomic E-state index is 0.0759. The Morgan fingerprint density at radius 1 is 1.57 bits per heavy atom. The molecule has 0 heterocycles. The number of nitrogens with one attached hydrogen (secondary N) is 1. The molecule has 1 aliphatic carbocycles. The van der Waals surface area contributed by atoms with Crippen LogP contribution in [-0.2, 0) is 4.74 Å². The Bertz CT molecular complexity index is 220. The summed E-state index contributed by atoms with van der Waals surface area (Å²) in [6.45, 7) is 1.85. The van der Waals surface area contributed by atoms with Crippen molar-refractivity contribution in [1.82, 2.24) is 5.43 Å². The molecule has 0 bridgehead atoms. The van der Waals surface area contributed by atoms with Crippen LogP contribution in [0.15, 0.2) is 0 Å². The van der Waals surface area contributed by atoms with E-state index < -0.39 is 0 Å². The summed E-state index contributed by atoms with van der Waals surface area (Å²) in [5.41, 5.74) is 2.89. The minimum Gasteiger partial charge on any atom is -0.378 e. The fourth-order valence-corrected chi connectivity index (χ4v) is 1.93. The van der Waals surface area contributed by atoms with Gasteiger partial charge in [0.1, 0.15) is 0 Å². The SMILES string of the molecule is CC#CCC(CC1(OC)CCC1)NN. The van der Waals surface area contributed by atoms with Gasteiger partial charge in [0.05, 0.1) is 5.60 Å². The predicted octanol–water partition coefficient (Wildman–Crippen LogP) is 1.19. The molecule has 1 rings (SSSR count). The smallest absolute Gasteiger partial charge is 0.0694 e. The quantitative estimate of drug-likeness (QED) is 0.394. The van der Waals surface area contributed by atoms with Gasteiger partial charge in [-0.15, -0.1) is 11.8 Å². The molecule has 0 radical (unpaired) electrons. The molecule has 1 aliphatic rings. The van der Waals surface area contributed by atoms with Crippen LogP contribution in [0.4, 0.5) is 0 Å². The molecule has 3 heteroatoms. The van der Waals surface area contributed by atoms with Crippen LogP contribution in [0.3, 0.4) is 0 Å². The van der Waals surface area contributed by atoms with Crippen molar-refractivity contribution in [2.24, 2.45) is 5.84 Å². The molecule has 3 nitrogen and oxygen atoms in total. The summed E-state index contributed by atoms with van der Waals surface area (Å²) >= 11 is 0. The molecular weight excluding hydrogens is 176 g/mol. The molecule has 1 saturated carbocycles. The van der Waals surface area contributed by atoms with E-state index in [1.807, 2.05) is 6.92 Å². The Morgan fingerprint density at radius 2 is 2.29 bits per heavy atom. The third-order valence-electron chi connectivity index (χ3n) is 3.08. The maximum Gasteiger partial charge on any atom is 0.0694 e. The van der Waals surface area contributed by atoms with Crippen molar-refractivity contribution < 1.29 is 4.74 Å². The zero-order valence-corrected chi connectivity index (χ0v) is 9.10. The van der Waals surface area contributed by atoms with Gasteiger partial charge >= 0.3 is 0 Å². The maximum atomic E-state index is 5.54. The second-order valence-electron chi connectivity index (χ2n) is 3.94. The number of methoxy groups -OCH3 is 1. The topological polar surface area (TPSA) is 47.3 Å². The lowest BCUT2D eigenvalue weighted by Gasteiger charge is -2.42. The summed E-state index contributed by atoms with van der Waals surface area (Å²) in [5, 5.41) is 0. The molecule has 0 aliphatic heterocycles. The molecule has 80 valence electrons. The second kappa shape index (κ2) is 5.35. The number of hydrogen-bond donors (Lipinski definition) is 2. The zero-order chi connectivity index (χ0) is 10.4. The van der Waals surface area contributed by atoms with Crippen LogP contribution in [-0.4, -0.2) is 18.8 Å². The Morgan fingerprint density at radius 3 is 2.64 bits per heavy atom. The van der Waals surface area contributed by atoms with Gasteiger partial charge in [0, 0.05) is 19.6 Å². The summed E-state index contributed by atoms with van der Waals surface area (Å²) < 4.78 is 5.54. The first kappa shape index (κ1) is 11.5. The third kappa shape index (κ3) is 2.71. The summed E-state index contributed by atoms with van der Waals surface area (Å²) in [4.78, 5) is 0. The highest BCUT2D eigenvalue weighted by molar-refractivity contribution is 5.01. The first-order chi connectivity index (χ1) is 6.76. The molecule has 0 amide bonds. The number of ether oxygens (including phenoxy) is 1. The molecule has 0 aromatic heterocycles. The van der Waals surface area contributed by atoms with Crippen molar-refractivity contribution in [2.75, 3.05) is 7.11 Å². The molecule has 1 fully saturated rings. The van der Waals surface area contributed by atoms with E-state index in [1.54, 1.807) is 7.11 Å². The first-order valence-electron chi connectivity index (χ1n) is 5.17. The molecule has 1 atom stereocenters. The Labute approximate surface area is 86.4 Å². The molecule has 1 unspecified atom stereocenters. The Balaban J connectivity index is 2.40. The number of hydrogen-bond acceptors (Lipinski definition) is 3. The van der Waals surface area contributed by atoms with Gasteiger partial charge in [0.25, 0.3) is 0 Å². The van der Waals surface area contributed by atoms with Crippen molar-refractivity contribution in [1.29, 1.82) is 0 Å². The van der Waals surface area contributed by atoms with E-state index in [9.17, 15) is 0 Å². The Hall–Kier alpha value is -0.560. The van der Waals surface area contributed by atoms with Crippen LogP contribution in [0.5, 0.6) is 0 Å². The number of nitrogens with two attached hydrogens (primary N) is 1. The standard InChI is InChI=1S/C11H20N2O/c1-3-4-6-10(13-12)9-11(14-2)7-5-8-11/h10,13H,5-9,12H2,1-2H3. The minimum absolute atomic E-state index is 0.0759. The third-order valence-corrected chi connectivity index (χ3v) is 3.08. The van der Waals surface area contributed by atoms with Crippen LogP contribution < -0.4 is 11.3 Å². The fraction of sp³-hybridized carbons (Fsp3) is 0.818. The van der Waals surface area contributed by atoms with E-state index in [0.717, 1.165) is 25.7 Å². The monoisotopic (exact) mass is 196 g/mol. The van der Waals surface area contributed by atoms with Crippen LogP contribution in [0.1, 0.15) is 39.0 Å². The van der Waals surface area contributed by atoms with Crippen molar-refractivity contribution in [3.63, 3.8) is 0 Å². The van der Waals surface area contributed by atoms with Crippen LogP contribution in [0.25, 0.3) is 0 Å². The normalized spacial score (nSPS) is 20.5. The van der Waals surface area contributed by atoms with Crippen LogP contribution >= 0.6 is 0 Å². The molecular formula is C11H20N2O. The number of rotatable bonds is 5. The van der Waals surface area contributed by atoms with E-state index in [-0.39, 0.29) is 11.6 Å². The fourth-order valence-electron chi connectivity index (χ4n) is 1.93. The van der Waals surface area contributed by atoms with Crippen molar-refractivity contribution in [2.45, 2.75) is 50.7 Å². The molecule has 3 N–H and O–H groups in total. The van der Waals surface area contributed by atoms with Gasteiger partial charge in [-0.3, -0.25) is 11.3 Å². The van der Waals surface area contributed by atoms with E-state index in [0.29, 0.717) is 0 Å². The van der Waals surface area contributed by atoms with Gasteiger partial charge in [-0.05, 0) is 32.6 Å². The van der Waals surface area contributed by atoms with Gasteiger partial charge in [-0.25, -0.2) is 0 Å². The van der Waals surface area contributed by atoms with E-state index >= 15 is 0 Å². The lowest BCUT2D eigenvalue weighted by atomic mass is 9.75. The van der Waals surface area contributed by atoms with Crippen LogP contribution in [0, 0.1) is 11.8 Å². The molecule has 0 aromatic rings. The largest absolute Gasteiger partial charge is 0.378 e. The van der Waals surface area contributed by atoms with Gasteiger partial charge in [0.15, 0.2) is 0 Å². The first-order valence-corrected chi connectivity index (χ1v) is 5.17. The predicted molar refractivity (Wildman–Crippen MR) is 57.4 cm³/mol. The van der Waals surface area contributed by atoms with Gasteiger partial charge in [-0.1, -0.05) is 0 Å². The lowest BCUT2D eigenvalue weighted by molar-refractivity contribution is -0.0831. The Kier molecular flexibility index (Phi) is 4.40. The summed E-state index contributed by atoms with van der Waals surface area (Å²) in [6, 6.07) is 0.252. The zero-order valence-electron chi connectivity index (χ0n) is 9.10. The van der Waals surface area contributed by atoms with E-state index in [4.69, 9.17) is 10.6 Å². The summed E-state index contributed by atoms with van der Waals surface area (Å²) in [5.74, 6) is 11.4. The van der Waals surface area contributed by atoms with Gasteiger partial charge in [-0.2, -0.15) is 0 Å². The average molecular weight is 196 g/mol. The average Bonchev–Trinajstić information content (AvgIpc) is 2.16. The van der Waals surface area contributed by atoms with Gasteiger partial charge in [0.2, 0.25) is 0 Å². The highest BCUT2D eigenvalue weighted by atomic mass is 16.5. The molecule has 0 aromatic carbocycles. The maximum absolute atomic E-state index is 5.54. The molecule has 0 saturated heterocycles. The highest BCUT2D eigenvalue weighted by Gasteiger charge is 2.38. The second-order valence-corrected chi connectivity index (χ2v) is 3.94. The summed E-state index contributed by atoms with van der Waals surface area (Å²) in [7, 11) is 1.79. The lowest BCUT2D eigenvalue weighted by Crippen LogP contribution is -2.47. The van der Waals surface area contributed by atoms with E-state index in [1.165, 1.54) is 6.42 Å². The molecule has 0 spiro atoms. The summed E-state index contributed by atoms with van der Waals surface area (Å²) in [6.07, 6.45) is 5.35. The van der Waals surface area contributed by atoms with Gasteiger partial charge < -0.3 is 4.74 Å². The highest BCUT2D eigenvalue weighted by Crippen LogP contribution is 2.39. The molecule has 14 heavy (non-hydrogen) atoms. The van der Waals surface area contributed by atoms with Crippen molar-refractivity contribution in [3.05, 3.63) is 0 Å². The van der Waals surface area contributed by atoms with Crippen molar-refractivity contribution >= 4 is 0 Å².